The third kappa shape index (κ3) is 2.34. The minimum atomic E-state index is 0.873. The first-order valence-electron chi connectivity index (χ1n) is 5.55. The lowest BCUT2D eigenvalue weighted by atomic mass is 10.0. The molecule has 0 aliphatic carbocycles. The topological polar surface area (TPSA) is 12.4 Å². The van der Waals surface area contributed by atoms with Crippen LogP contribution in [0.4, 0.5) is 5.69 Å². The van der Waals surface area contributed by atoms with Gasteiger partial charge in [-0.2, -0.15) is 0 Å². The SMILES string of the molecule is C=Cc1ccc(-c2ccc(C)cc2)cc1N=C. The average Bonchev–Trinajstić information content (AvgIpc) is 2.39. The van der Waals surface area contributed by atoms with Crippen LogP contribution >= 0.6 is 0 Å². The number of benzene rings is 2. The molecule has 0 bridgehead atoms. The number of hydrogen-bond acceptors (Lipinski definition) is 1. The maximum absolute atomic E-state index is 4.02. The molecule has 0 aromatic heterocycles. The maximum Gasteiger partial charge on any atom is 0.0700 e. The highest BCUT2D eigenvalue weighted by atomic mass is 14.7. The highest BCUT2D eigenvalue weighted by molar-refractivity contribution is 5.74. The van der Waals surface area contributed by atoms with Crippen molar-refractivity contribution in [3.63, 3.8) is 0 Å². The highest BCUT2D eigenvalue weighted by Crippen LogP contribution is 2.28. The zero-order chi connectivity index (χ0) is 12.3. The van der Waals surface area contributed by atoms with E-state index in [1.807, 2.05) is 12.1 Å². The Morgan fingerprint density at radius 1 is 1.00 bits per heavy atom. The third-order valence-corrected chi connectivity index (χ3v) is 2.81. The third-order valence-electron chi connectivity index (χ3n) is 2.81. The van der Waals surface area contributed by atoms with Crippen molar-refractivity contribution in [1.29, 1.82) is 0 Å². The summed E-state index contributed by atoms with van der Waals surface area (Å²) in [7, 11) is 0. The molecular formula is C16H15N. The summed E-state index contributed by atoms with van der Waals surface area (Å²) in [6.07, 6.45) is 1.79. The van der Waals surface area contributed by atoms with Crippen molar-refractivity contribution in [2.24, 2.45) is 4.99 Å². The molecule has 0 saturated carbocycles. The van der Waals surface area contributed by atoms with Gasteiger partial charge in [-0.3, -0.25) is 4.99 Å². The second-order valence-electron chi connectivity index (χ2n) is 4.00. The van der Waals surface area contributed by atoms with E-state index >= 15 is 0 Å². The first-order valence-corrected chi connectivity index (χ1v) is 5.55. The summed E-state index contributed by atoms with van der Waals surface area (Å²) >= 11 is 0. The predicted octanol–water partition coefficient (Wildman–Crippen LogP) is 4.64. The first-order chi connectivity index (χ1) is 8.24. The molecule has 17 heavy (non-hydrogen) atoms. The molecule has 2 aromatic carbocycles. The molecule has 1 heteroatoms. The molecule has 1 nitrogen and oxygen atoms in total. The van der Waals surface area contributed by atoms with Crippen molar-refractivity contribution >= 4 is 18.5 Å². The van der Waals surface area contributed by atoms with Gasteiger partial charge >= 0.3 is 0 Å². The fraction of sp³-hybridized carbons (Fsp3) is 0.0625. The van der Waals surface area contributed by atoms with Gasteiger partial charge in [-0.1, -0.05) is 54.6 Å². The van der Waals surface area contributed by atoms with Crippen molar-refractivity contribution in [2.75, 3.05) is 0 Å². The number of aliphatic imine (C=N–C) groups is 1. The molecule has 0 aliphatic heterocycles. The van der Waals surface area contributed by atoms with Gasteiger partial charge in [0.25, 0.3) is 0 Å². The van der Waals surface area contributed by atoms with Gasteiger partial charge < -0.3 is 0 Å². The minimum Gasteiger partial charge on any atom is -0.264 e. The fourth-order valence-corrected chi connectivity index (χ4v) is 1.78. The molecule has 0 unspecified atom stereocenters. The Balaban J connectivity index is 2.49. The van der Waals surface area contributed by atoms with Crippen molar-refractivity contribution in [1.82, 2.24) is 0 Å². The van der Waals surface area contributed by atoms with E-state index in [4.69, 9.17) is 0 Å². The van der Waals surface area contributed by atoms with Crippen LogP contribution < -0.4 is 0 Å². The zero-order valence-electron chi connectivity index (χ0n) is 9.98. The van der Waals surface area contributed by atoms with E-state index in [0.29, 0.717) is 0 Å². The molecule has 2 aromatic rings. The second kappa shape index (κ2) is 4.79. The predicted molar refractivity (Wildman–Crippen MR) is 75.9 cm³/mol. The lowest BCUT2D eigenvalue weighted by Gasteiger charge is -2.06. The van der Waals surface area contributed by atoms with Crippen LogP contribution in [0.15, 0.2) is 54.0 Å². The van der Waals surface area contributed by atoms with E-state index in [-0.39, 0.29) is 0 Å². The molecular weight excluding hydrogens is 206 g/mol. The number of nitrogens with zero attached hydrogens (tertiary/aromatic N) is 1. The smallest absolute Gasteiger partial charge is 0.0700 e. The van der Waals surface area contributed by atoms with Gasteiger partial charge in [-0.25, -0.2) is 0 Å². The van der Waals surface area contributed by atoms with Crippen LogP contribution in [0, 0.1) is 6.92 Å². The Morgan fingerprint density at radius 2 is 1.65 bits per heavy atom. The molecule has 84 valence electrons. The van der Waals surface area contributed by atoms with E-state index in [2.05, 4.69) is 55.5 Å². The van der Waals surface area contributed by atoms with Crippen LogP contribution in [0.5, 0.6) is 0 Å². The van der Waals surface area contributed by atoms with Gasteiger partial charge in [0.1, 0.15) is 0 Å². The van der Waals surface area contributed by atoms with Crippen LogP contribution in [0.3, 0.4) is 0 Å². The lowest BCUT2D eigenvalue weighted by molar-refractivity contribution is 1.46. The molecule has 0 amide bonds. The first kappa shape index (κ1) is 11.3. The molecule has 2 rings (SSSR count). The van der Waals surface area contributed by atoms with Crippen LogP contribution in [0.2, 0.25) is 0 Å². The van der Waals surface area contributed by atoms with Gasteiger partial charge in [0.15, 0.2) is 0 Å². The van der Waals surface area contributed by atoms with Gasteiger partial charge in [-0.15, -0.1) is 0 Å². The van der Waals surface area contributed by atoms with E-state index in [9.17, 15) is 0 Å². The fourth-order valence-electron chi connectivity index (χ4n) is 1.78. The summed E-state index contributed by atoms with van der Waals surface area (Å²) in [5, 5.41) is 0. The monoisotopic (exact) mass is 221 g/mol. The standard InChI is InChI=1S/C16H15N/c1-4-13-9-10-15(11-16(13)17-3)14-7-5-12(2)6-8-14/h4-11H,1,3H2,2H3. The summed E-state index contributed by atoms with van der Waals surface area (Å²) in [4.78, 5) is 4.02. The summed E-state index contributed by atoms with van der Waals surface area (Å²) < 4.78 is 0. The van der Waals surface area contributed by atoms with E-state index in [0.717, 1.165) is 16.8 Å². The molecule has 0 aliphatic rings. The average molecular weight is 221 g/mol. The zero-order valence-corrected chi connectivity index (χ0v) is 9.98. The summed E-state index contributed by atoms with van der Waals surface area (Å²) in [5.74, 6) is 0. The summed E-state index contributed by atoms with van der Waals surface area (Å²) in [5.41, 5.74) is 5.49. The number of rotatable bonds is 3. The number of hydrogen-bond donors (Lipinski definition) is 0. The van der Waals surface area contributed by atoms with Crippen molar-refractivity contribution in [3.8, 4) is 11.1 Å². The number of aryl methyl sites for hydroxylation is 1. The Morgan fingerprint density at radius 3 is 2.24 bits per heavy atom. The van der Waals surface area contributed by atoms with Crippen LogP contribution in [-0.4, -0.2) is 6.72 Å². The molecule has 0 spiro atoms. The van der Waals surface area contributed by atoms with Crippen LogP contribution in [0.1, 0.15) is 11.1 Å². The summed E-state index contributed by atoms with van der Waals surface area (Å²) in [6, 6.07) is 14.6. The van der Waals surface area contributed by atoms with Gasteiger partial charge in [0, 0.05) is 0 Å². The molecule has 0 saturated heterocycles. The van der Waals surface area contributed by atoms with Gasteiger partial charge in [0.05, 0.1) is 5.69 Å². The summed E-state index contributed by atoms with van der Waals surface area (Å²) in [6.45, 7) is 9.44. The van der Waals surface area contributed by atoms with Gasteiger partial charge in [0.2, 0.25) is 0 Å². The Kier molecular flexibility index (Phi) is 3.20. The normalized spacial score (nSPS) is 9.94. The van der Waals surface area contributed by atoms with Crippen LogP contribution in [-0.2, 0) is 0 Å². The quantitative estimate of drug-likeness (QED) is 0.670. The molecule has 0 fully saturated rings. The molecule has 0 radical (unpaired) electrons. The molecule has 0 heterocycles. The van der Waals surface area contributed by atoms with Crippen molar-refractivity contribution in [3.05, 3.63) is 60.2 Å². The maximum atomic E-state index is 4.02. The lowest BCUT2D eigenvalue weighted by Crippen LogP contribution is -1.81. The minimum absolute atomic E-state index is 0.873. The molecule has 0 N–H and O–H groups in total. The largest absolute Gasteiger partial charge is 0.264 e. The van der Waals surface area contributed by atoms with Gasteiger partial charge in [-0.05, 0) is 36.4 Å². The van der Waals surface area contributed by atoms with E-state index in [1.165, 1.54) is 11.1 Å². The van der Waals surface area contributed by atoms with Crippen LogP contribution in [0.25, 0.3) is 17.2 Å². The van der Waals surface area contributed by atoms with E-state index < -0.39 is 0 Å². The Bertz CT molecular complexity index is 550. The van der Waals surface area contributed by atoms with Crippen molar-refractivity contribution < 1.29 is 0 Å². The molecule has 0 atom stereocenters. The van der Waals surface area contributed by atoms with Crippen molar-refractivity contribution in [2.45, 2.75) is 6.92 Å². The second-order valence-corrected chi connectivity index (χ2v) is 4.00. The Labute approximate surface area is 102 Å². The Hall–Kier alpha value is -2.15. The van der Waals surface area contributed by atoms with E-state index in [1.54, 1.807) is 6.08 Å². The highest BCUT2D eigenvalue weighted by Gasteiger charge is 2.01.